The van der Waals surface area contributed by atoms with Gasteiger partial charge in [-0.2, -0.15) is 15.3 Å². The number of aromatic nitrogens is 4. The van der Waals surface area contributed by atoms with E-state index in [1.807, 2.05) is 52.4 Å². The molecule has 1 fully saturated rings. The monoisotopic (exact) mass is 667 g/mol. The van der Waals surface area contributed by atoms with E-state index in [0.717, 1.165) is 72.9 Å². The van der Waals surface area contributed by atoms with E-state index in [-0.39, 0.29) is 28.8 Å². The molecule has 48 heavy (non-hydrogen) atoms. The first-order chi connectivity index (χ1) is 22.9. The lowest BCUT2D eigenvalue weighted by Crippen LogP contribution is -2.45. The summed E-state index contributed by atoms with van der Waals surface area (Å²) in [5.74, 6) is 1.31. The van der Waals surface area contributed by atoms with Gasteiger partial charge in [0.1, 0.15) is 5.82 Å². The lowest BCUT2D eigenvalue weighted by Gasteiger charge is -2.39. The van der Waals surface area contributed by atoms with Crippen molar-refractivity contribution in [2.45, 2.75) is 129 Å². The van der Waals surface area contributed by atoms with E-state index < -0.39 is 8.32 Å². The molecule has 0 amide bonds. The van der Waals surface area contributed by atoms with Crippen LogP contribution in [0.5, 0.6) is 0 Å². The third-order valence-electron chi connectivity index (χ3n) is 10.4. The molecular weight excluding hydrogens is 615 g/mol. The van der Waals surface area contributed by atoms with Crippen molar-refractivity contribution in [1.82, 2.24) is 19.2 Å². The molecule has 256 valence electrons. The van der Waals surface area contributed by atoms with Crippen LogP contribution in [0, 0.1) is 18.3 Å². The number of hydrogen-bond donors (Lipinski definition) is 0. The van der Waals surface area contributed by atoms with Gasteiger partial charge in [0.15, 0.2) is 8.32 Å². The summed E-state index contributed by atoms with van der Waals surface area (Å²) in [5, 5.41) is 14.6. The average Bonchev–Trinajstić information content (AvgIpc) is 3.45. The van der Waals surface area contributed by atoms with E-state index in [1.54, 1.807) is 0 Å². The zero-order valence-corrected chi connectivity index (χ0v) is 31.2. The maximum Gasteiger partial charge on any atom is 0.259 e. The standard InChI is InChI=1S/C39H53N5O3Si/c1-9-13-36-35(24-28-16-18-29(19-17-28)34-15-12-11-14-30(34)25-40)37(45)43(38-41-27(3)42-44(36)38)31-20-22-33(23-21-31)46-26-32(10-2)47-48(7,8)39(4,5)6/h11-12,14-19,31-33H,9-10,13,20-24,26H2,1-8H3/t31-,32?,33-. The van der Waals surface area contributed by atoms with Gasteiger partial charge in [-0.3, -0.25) is 9.36 Å². The van der Waals surface area contributed by atoms with Gasteiger partial charge in [-0.05, 0) is 86.3 Å². The van der Waals surface area contributed by atoms with Gasteiger partial charge in [-0.15, -0.1) is 0 Å². The minimum absolute atomic E-state index is 0.0354. The Hall–Kier alpha value is -3.58. The number of aryl methyl sites for hydroxylation is 2. The topological polar surface area (TPSA) is 94.4 Å². The molecule has 1 unspecified atom stereocenters. The van der Waals surface area contributed by atoms with Crippen LogP contribution in [0.25, 0.3) is 16.9 Å². The van der Waals surface area contributed by atoms with Crippen molar-refractivity contribution in [3.05, 3.63) is 87.1 Å². The lowest BCUT2D eigenvalue weighted by molar-refractivity contribution is -0.0255. The molecular formula is C39H53N5O3Si. The Morgan fingerprint density at radius 1 is 1.04 bits per heavy atom. The van der Waals surface area contributed by atoms with Crippen molar-refractivity contribution in [3.8, 4) is 17.2 Å². The fraction of sp³-hybridized carbons (Fsp3) is 0.538. The highest BCUT2D eigenvalue weighted by atomic mass is 28.4. The van der Waals surface area contributed by atoms with E-state index in [1.165, 1.54) is 0 Å². The molecule has 2 aromatic carbocycles. The first-order valence-electron chi connectivity index (χ1n) is 17.7. The predicted octanol–water partition coefficient (Wildman–Crippen LogP) is 8.58. The molecule has 0 bridgehead atoms. The van der Waals surface area contributed by atoms with Crippen LogP contribution in [0.1, 0.15) is 107 Å². The third-order valence-corrected chi connectivity index (χ3v) is 15.0. The predicted molar refractivity (Wildman–Crippen MR) is 195 cm³/mol. The summed E-state index contributed by atoms with van der Waals surface area (Å²) in [6, 6.07) is 18.2. The van der Waals surface area contributed by atoms with E-state index in [4.69, 9.17) is 19.2 Å². The molecule has 1 atom stereocenters. The van der Waals surface area contributed by atoms with Crippen molar-refractivity contribution in [1.29, 1.82) is 5.26 Å². The molecule has 1 aliphatic carbocycles. The molecule has 0 aliphatic heterocycles. The minimum Gasteiger partial charge on any atom is -0.412 e. The van der Waals surface area contributed by atoms with Gasteiger partial charge in [0.2, 0.25) is 5.78 Å². The number of benzene rings is 2. The first kappa shape index (κ1) is 35.7. The zero-order valence-electron chi connectivity index (χ0n) is 30.2. The Morgan fingerprint density at radius 3 is 2.35 bits per heavy atom. The fourth-order valence-corrected chi connectivity index (χ4v) is 8.03. The van der Waals surface area contributed by atoms with Crippen LogP contribution >= 0.6 is 0 Å². The van der Waals surface area contributed by atoms with E-state index in [0.29, 0.717) is 30.2 Å². The molecule has 2 aromatic heterocycles. The number of nitrogens with zero attached hydrogens (tertiary/aromatic N) is 5. The SMILES string of the molecule is CCCc1c(Cc2ccc(-c3ccccc3C#N)cc2)c(=O)n([C@H]2CC[C@H](OCC(CC)O[Si](C)(C)C(C)(C)C)CC2)c2nc(C)nn12. The lowest BCUT2D eigenvalue weighted by atomic mass is 9.92. The molecule has 0 radical (unpaired) electrons. The van der Waals surface area contributed by atoms with E-state index >= 15 is 0 Å². The molecule has 9 heteroatoms. The van der Waals surface area contributed by atoms with Gasteiger partial charge in [0.05, 0.1) is 36.1 Å². The summed E-state index contributed by atoms with van der Waals surface area (Å²) in [4.78, 5) is 19.3. The van der Waals surface area contributed by atoms with Crippen molar-refractivity contribution in [2.24, 2.45) is 0 Å². The molecule has 0 spiro atoms. The maximum absolute atomic E-state index is 14.5. The normalized spacial score (nSPS) is 17.8. The van der Waals surface area contributed by atoms with Crippen molar-refractivity contribution in [3.63, 3.8) is 0 Å². The Morgan fingerprint density at radius 2 is 1.73 bits per heavy atom. The number of nitriles is 1. The summed E-state index contributed by atoms with van der Waals surface area (Å²) in [7, 11) is -1.87. The van der Waals surface area contributed by atoms with Gasteiger partial charge in [-0.1, -0.05) is 83.5 Å². The molecule has 0 saturated heterocycles. The van der Waals surface area contributed by atoms with Gasteiger partial charge in [0, 0.05) is 18.0 Å². The maximum atomic E-state index is 14.5. The molecule has 4 aromatic rings. The minimum atomic E-state index is -1.87. The molecule has 0 N–H and O–H groups in total. The Balaban J connectivity index is 1.37. The average molecular weight is 668 g/mol. The van der Waals surface area contributed by atoms with Gasteiger partial charge in [0.25, 0.3) is 5.56 Å². The summed E-state index contributed by atoms with van der Waals surface area (Å²) in [5.41, 5.74) is 5.36. The summed E-state index contributed by atoms with van der Waals surface area (Å²) in [6.07, 6.45) is 6.84. The van der Waals surface area contributed by atoms with Crippen molar-refractivity contribution < 1.29 is 9.16 Å². The van der Waals surface area contributed by atoms with Crippen LogP contribution in [0.2, 0.25) is 18.1 Å². The largest absolute Gasteiger partial charge is 0.412 e. The first-order valence-corrected chi connectivity index (χ1v) is 20.6. The number of ether oxygens (including phenoxy) is 1. The smallest absolute Gasteiger partial charge is 0.259 e. The number of hydrogen-bond acceptors (Lipinski definition) is 6. The highest BCUT2D eigenvalue weighted by molar-refractivity contribution is 6.74. The molecule has 8 nitrogen and oxygen atoms in total. The zero-order chi connectivity index (χ0) is 34.6. The second-order valence-corrected chi connectivity index (χ2v) is 19.7. The molecule has 1 aliphatic rings. The van der Waals surface area contributed by atoms with Crippen molar-refractivity contribution in [2.75, 3.05) is 6.61 Å². The summed E-state index contributed by atoms with van der Waals surface area (Å²) in [6.45, 7) is 18.3. The van der Waals surface area contributed by atoms with Crippen LogP contribution in [-0.2, 0) is 22.0 Å². The highest BCUT2D eigenvalue weighted by Crippen LogP contribution is 2.38. The molecule has 1 saturated carbocycles. The summed E-state index contributed by atoms with van der Waals surface area (Å²) >= 11 is 0. The third kappa shape index (κ3) is 7.67. The second kappa shape index (κ2) is 14.9. The Labute approximate surface area is 287 Å². The van der Waals surface area contributed by atoms with Crippen LogP contribution in [0.15, 0.2) is 53.3 Å². The van der Waals surface area contributed by atoms with Crippen LogP contribution < -0.4 is 5.56 Å². The quantitative estimate of drug-likeness (QED) is 0.141. The van der Waals surface area contributed by atoms with Gasteiger partial charge in [-0.25, -0.2) is 4.52 Å². The van der Waals surface area contributed by atoms with Crippen LogP contribution in [0.3, 0.4) is 0 Å². The van der Waals surface area contributed by atoms with Crippen molar-refractivity contribution >= 4 is 14.1 Å². The Bertz CT molecular complexity index is 1800. The summed E-state index contributed by atoms with van der Waals surface area (Å²) < 4.78 is 17.0. The molecule has 5 rings (SSSR count). The van der Waals surface area contributed by atoms with Gasteiger partial charge < -0.3 is 9.16 Å². The number of fused-ring (bicyclic) bond motifs is 1. The van der Waals surface area contributed by atoms with Gasteiger partial charge >= 0.3 is 0 Å². The van der Waals surface area contributed by atoms with Crippen LogP contribution in [-0.4, -0.2) is 46.3 Å². The van der Waals surface area contributed by atoms with Crippen LogP contribution in [0.4, 0.5) is 0 Å². The Kier molecular flexibility index (Phi) is 11.1. The highest BCUT2D eigenvalue weighted by Gasteiger charge is 2.39. The van der Waals surface area contributed by atoms with E-state index in [9.17, 15) is 10.1 Å². The number of rotatable bonds is 12. The fourth-order valence-electron chi connectivity index (χ4n) is 6.61. The van der Waals surface area contributed by atoms with E-state index in [2.05, 4.69) is 65.9 Å². The second-order valence-electron chi connectivity index (χ2n) is 14.9. The molecule has 2 heterocycles.